The van der Waals surface area contributed by atoms with Crippen molar-refractivity contribution in [1.29, 1.82) is 5.26 Å². The Kier molecular flexibility index (Phi) is 3.24. The van der Waals surface area contributed by atoms with Gasteiger partial charge in [-0.25, -0.2) is 4.98 Å². The third kappa shape index (κ3) is 2.90. The molecule has 80 valence electrons. The SMILES string of the molecule is CN(C)S(=O)(=O)Nc1ccc(C#N)cn1. The van der Waals surface area contributed by atoms with Crippen molar-refractivity contribution >= 4 is 16.0 Å². The van der Waals surface area contributed by atoms with E-state index in [4.69, 9.17) is 5.26 Å². The minimum atomic E-state index is -3.53. The van der Waals surface area contributed by atoms with Crippen molar-refractivity contribution in [3.63, 3.8) is 0 Å². The highest BCUT2D eigenvalue weighted by atomic mass is 32.2. The Morgan fingerprint density at radius 3 is 2.53 bits per heavy atom. The van der Waals surface area contributed by atoms with Crippen LogP contribution in [0, 0.1) is 11.3 Å². The van der Waals surface area contributed by atoms with Gasteiger partial charge in [-0.15, -0.1) is 0 Å². The molecule has 0 unspecified atom stereocenters. The highest BCUT2D eigenvalue weighted by Crippen LogP contribution is 2.07. The predicted molar refractivity (Wildman–Crippen MR) is 55.2 cm³/mol. The number of anilines is 1. The van der Waals surface area contributed by atoms with Gasteiger partial charge in [-0.1, -0.05) is 0 Å². The van der Waals surface area contributed by atoms with Crippen LogP contribution in [-0.2, 0) is 10.2 Å². The summed E-state index contributed by atoms with van der Waals surface area (Å²) in [6.07, 6.45) is 1.30. The molecule has 0 aromatic carbocycles. The van der Waals surface area contributed by atoms with Gasteiger partial charge in [0.05, 0.1) is 5.56 Å². The van der Waals surface area contributed by atoms with E-state index in [1.165, 1.54) is 32.4 Å². The van der Waals surface area contributed by atoms with Gasteiger partial charge in [0, 0.05) is 20.3 Å². The van der Waals surface area contributed by atoms with Crippen LogP contribution >= 0.6 is 0 Å². The van der Waals surface area contributed by atoms with E-state index in [0.717, 1.165) is 4.31 Å². The van der Waals surface area contributed by atoms with E-state index in [0.29, 0.717) is 5.56 Å². The number of hydrogen-bond acceptors (Lipinski definition) is 4. The minimum absolute atomic E-state index is 0.183. The van der Waals surface area contributed by atoms with Crippen molar-refractivity contribution in [3.8, 4) is 6.07 Å². The summed E-state index contributed by atoms with van der Waals surface area (Å²) >= 11 is 0. The Labute approximate surface area is 88.3 Å². The molecular weight excluding hydrogens is 216 g/mol. The summed E-state index contributed by atoms with van der Waals surface area (Å²) in [4.78, 5) is 3.78. The molecule has 1 N–H and O–H groups in total. The summed E-state index contributed by atoms with van der Waals surface area (Å²) < 4.78 is 26.0. The quantitative estimate of drug-likeness (QED) is 0.796. The summed E-state index contributed by atoms with van der Waals surface area (Å²) in [5.41, 5.74) is 0.378. The van der Waals surface area contributed by atoms with Crippen molar-refractivity contribution < 1.29 is 8.42 Å². The van der Waals surface area contributed by atoms with Gasteiger partial charge in [-0.2, -0.15) is 18.0 Å². The van der Waals surface area contributed by atoms with Gasteiger partial charge in [0.25, 0.3) is 0 Å². The summed E-state index contributed by atoms with van der Waals surface area (Å²) in [5, 5.41) is 8.51. The molecule has 0 aliphatic heterocycles. The fourth-order valence-corrected chi connectivity index (χ4v) is 1.31. The van der Waals surface area contributed by atoms with Gasteiger partial charge in [-0.3, -0.25) is 4.72 Å². The Morgan fingerprint density at radius 1 is 1.47 bits per heavy atom. The first-order valence-electron chi connectivity index (χ1n) is 4.02. The zero-order valence-corrected chi connectivity index (χ0v) is 9.11. The van der Waals surface area contributed by atoms with E-state index in [2.05, 4.69) is 9.71 Å². The second-order valence-electron chi connectivity index (χ2n) is 2.93. The lowest BCUT2D eigenvalue weighted by atomic mass is 10.3. The van der Waals surface area contributed by atoms with E-state index >= 15 is 0 Å². The standard InChI is InChI=1S/C8H10N4O2S/c1-12(2)15(13,14)11-8-4-3-7(5-9)6-10-8/h3-4,6H,1-2H3,(H,10,11). The third-order valence-electron chi connectivity index (χ3n) is 1.61. The first kappa shape index (κ1) is 11.4. The van der Waals surface area contributed by atoms with Gasteiger partial charge < -0.3 is 0 Å². The van der Waals surface area contributed by atoms with Gasteiger partial charge in [0.1, 0.15) is 11.9 Å². The topological polar surface area (TPSA) is 86.1 Å². The van der Waals surface area contributed by atoms with Crippen LogP contribution in [-0.4, -0.2) is 31.8 Å². The molecule has 15 heavy (non-hydrogen) atoms. The fraction of sp³-hybridized carbons (Fsp3) is 0.250. The zero-order chi connectivity index (χ0) is 11.5. The average Bonchev–Trinajstić information content (AvgIpc) is 2.18. The molecule has 0 aliphatic rings. The lowest BCUT2D eigenvalue weighted by Gasteiger charge is -2.12. The van der Waals surface area contributed by atoms with Crippen molar-refractivity contribution in [3.05, 3.63) is 23.9 Å². The number of aromatic nitrogens is 1. The Hall–Kier alpha value is -1.65. The Balaban J connectivity index is 2.88. The molecular formula is C8H10N4O2S. The monoisotopic (exact) mass is 226 g/mol. The molecule has 0 radical (unpaired) electrons. The van der Waals surface area contributed by atoms with Gasteiger partial charge in [0.15, 0.2) is 0 Å². The molecule has 0 saturated carbocycles. The number of rotatable bonds is 3. The fourth-order valence-electron chi connectivity index (χ4n) is 0.744. The van der Waals surface area contributed by atoms with Crippen LogP contribution in [0.1, 0.15) is 5.56 Å². The normalized spacial score (nSPS) is 11.1. The van der Waals surface area contributed by atoms with Crippen LogP contribution in [0.5, 0.6) is 0 Å². The minimum Gasteiger partial charge on any atom is -0.254 e. The maximum absolute atomic E-state index is 11.4. The summed E-state index contributed by atoms with van der Waals surface area (Å²) in [7, 11) is -0.715. The van der Waals surface area contributed by atoms with E-state index in [-0.39, 0.29) is 5.82 Å². The summed E-state index contributed by atoms with van der Waals surface area (Å²) in [6.45, 7) is 0. The average molecular weight is 226 g/mol. The van der Waals surface area contributed by atoms with E-state index in [1.807, 2.05) is 6.07 Å². The largest absolute Gasteiger partial charge is 0.302 e. The molecule has 1 aromatic rings. The predicted octanol–water partition coefficient (Wildman–Crippen LogP) is 0.172. The van der Waals surface area contributed by atoms with Crippen molar-refractivity contribution in [2.45, 2.75) is 0 Å². The van der Waals surface area contributed by atoms with Crippen molar-refractivity contribution in [2.24, 2.45) is 0 Å². The Bertz CT molecular complexity index is 472. The van der Waals surface area contributed by atoms with Gasteiger partial charge in [0.2, 0.25) is 0 Å². The smallest absolute Gasteiger partial charge is 0.254 e. The molecule has 0 fully saturated rings. The van der Waals surface area contributed by atoms with E-state index in [9.17, 15) is 8.42 Å². The molecule has 6 nitrogen and oxygen atoms in total. The van der Waals surface area contributed by atoms with Crippen molar-refractivity contribution in [2.75, 3.05) is 18.8 Å². The highest BCUT2D eigenvalue weighted by Gasteiger charge is 2.13. The van der Waals surface area contributed by atoms with Crippen LogP contribution in [0.4, 0.5) is 5.82 Å². The van der Waals surface area contributed by atoms with Crippen LogP contribution < -0.4 is 4.72 Å². The maximum atomic E-state index is 11.4. The molecule has 0 aliphatic carbocycles. The number of hydrogen-bond donors (Lipinski definition) is 1. The number of nitrogens with zero attached hydrogens (tertiary/aromatic N) is 3. The maximum Gasteiger partial charge on any atom is 0.302 e. The first-order chi connectivity index (χ1) is 6.95. The Morgan fingerprint density at radius 2 is 2.13 bits per heavy atom. The lowest BCUT2D eigenvalue weighted by molar-refractivity contribution is 0.526. The van der Waals surface area contributed by atoms with Gasteiger partial charge in [-0.05, 0) is 12.1 Å². The molecule has 0 saturated heterocycles. The van der Waals surface area contributed by atoms with Gasteiger partial charge >= 0.3 is 10.2 Å². The van der Waals surface area contributed by atoms with E-state index < -0.39 is 10.2 Å². The number of nitrogens with one attached hydrogen (secondary N) is 1. The van der Waals surface area contributed by atoms with Crippen LogP contribution in [0.3, 0.4) is 0 Å². The highest BCUT2D eigenvalue weighted by molar-refractivity contribution is 7.90. The summed E-state index contributed by atoms with van der Waals surface area (Å²) in [6, 6.07) is 4.81. The second kappa shape index (κ2) is 4.25. The number of nitriles is 1. The zero-order valence-electron chi connectivity index (χ0n) is 8.30. The molecule has 1 rings (SSSR count). The second-order valence-corrected chi connectivity index (χ2v) is 4.82. The van der Waals surface area contributed by atoms with Crippen molar-refractivity contribution in [1.82, 2.24) is 9.29 Å². The molecule has 0 spiro atoms. The molecule has 1 aromatic heterocycles. The molecule has 1 heterocycles. The van der Waals surface area contributed by atoms with Crippen LogP contribution in [0.15, 0.2) is 18.3 Å². The van der Waals surface area contributed by atoms with E-state index in [1.54, 1.807) is 0 Å². The van der Waals surface area contributed by atoms with Crippen LogP contribution in [0.25, 0.3) is 0 Å². The molecule has 0 amide bonds. The number of pyridine rings is 1. The lowest BCUT2D eigenvalue weighted by Crippen LogP contribution is -2.29. The first-order valence-corrected chi connectivity index (χ1v) is 5.46. The molecule has 0 bridgehead atoms. The molecule has 0 atom stereocenters. The summed E-state index contributed by atoms with van der Waals surface area (Å²) in [5.74, 6) is 0.183. The third-order valence-corrected chi connectivity index (χ3v) is 3.04. The van der Waals surface area contributed by atoms with Crippen LogP contribution in [0.2, 0.25) is 0 Å². The molecule has 7 heteroatoms.